The van der Waals surface area contributed by atoms with Crippen molar-refractivity contribution in [2.24, 2.45) is 5.90 Å². The van der Waals surface area contributed by atoms with Crippen LogP contribution in [0.3, 0.4) is 0 Å². The molecular formula is C26H24N4O4. The van der Waals surface area contributed by atoms with Crippen LogP contribution in [-0.2, 0) is 0 Å². The van der Waals surface area contributed by atoms with Gasteiger partial charge in [-0.2, -0.15) is 5.90 Å². The Hall–Kier alpha value is -4.17. The molecule has 3 aromatic carbocycles. The number of aromatic nitrogens is 2. The van der Waals surface area contributed by atoms with E-state index in [-0.39, 0.29) is 17.5 Å². The van der Waals surface area contributed by atoms with Crippen LogP contribution in [0.1, 0.15) is 52.4 Å². The van der Waals surface area contributed by atoms with Crippen molar-refractivity contribution in [3.8, 4) is 17.1 Å². The van der Waals surface area contributed by atoms with Crippen molar-refractivity contribution >= 4 is 28.6 Å². The zero-order valence-electron chi connectivity index (χ0n) is 18.4. The van der Waals surface area contributed by atoms with Gasteiger partial charge in [0.25, 0.3) is 5.91 Å². The summed E-state index contributed by atoms with van der Waals surface area (Å²) < 4.78 is 2.20. The zero-order valence-corrected chi connectivity index (χ0v) is 18.4. The number of carbonyl (C=O) groups is 2. The second-order valence-corrected chi connectivity index (χ2v) is 8.43. The Morgan fingerprint density at radius 1 is 1.00 bits per heavy atom. The lowest BCUT2D eigenvalue weighted by Crippen LogP contribution is -2.12. The van der Waals surface area contributed by atoms with Crippen LogP contribution >= 0.6 is 0 Å². The molecule has 0 bridgehead atoms. The molecule has 1 heterocycles. The summed E-state index contributed by atoms with van der Waals surface area (Å²) in [7, 11) is 0. The van der Waals surface area contributed by atoms with Gasteiger partial charge in [0.05, 0.1) is 16.6 Å². The van der Waals surface area contributed by atoms with Crippen molar-refractivity contribution in [1.29, 1.82) is 0 Å². The molecule has 1 fully saturated rings. The Balaban J connectivity index is 1.52. The maximum Gasteiger partial charge on any atom is 0.335 e. The van der Waals surface area contributed by atoms with E-state index in [9.17, 15) is 14.7 Å². The number of nitrogens with one attached hydrogen (secondary N) is 1. The smallest absolute Gasteiger partial charge is 0.335 e. The first-order valence-corrected chi connectivity index (χ1v) is 11.2. The van der Waals surface area contributed by atoms with Gasteiger partial charge >= 0.3 is 5.97 Å². The van der Waals surface area contributed by atoms with Gasteiger partial charge in [0.2, 0.25) is 0 Å². The molecule has 1 aromatic heterocycles. The van der Waals surface area contributed by atoms with Crippen LogP contribution in [0.15, 0.2) is 66.7 Å². The summed E-state index contributed by atoms with van der Waals surface area (Å²) >= 11 is 0. The van der Waals surface area contributed by atoms with Crippen LogP contribution < -0.4 is 16.1 Å². The minimum Gasteiger partial charge on any atom is -0.478 e. The molecule has 1 aliphatic carbocycles. The first-order valence-electron chi connectivity index (χ1n) is 11.2. The normalized spacial score (nSPS) is 13.8. The predicted molar refractivity (Wildman–Crippen MR) is 129 cm³/mol. The van der Waals surface area contributed by atoms with Gasteiger partial charge in [0.15, 0.2) is 0 Å². The van der Waals surface area contributed by atoms with E-state index in [2.05, 4.69) is 14.7 Å². The van der Waals surface area contributed by atoms with Gasteiger partial charge in [-0.15, -0.1) is 0 Å². The molecule has 4 N–H and O–H groups in total. The molecule has 0 aliphatic heterocycles. The van der Waals surface area contributed by atoms with E-state index < -0.39 is 5.97 Å². The SMILES string of the molecule is NOc1ccc(NC(=O)c2cccc(-c3nc4cc(C(=O)O)ccc4n3C3CCCC3)c2)cc1. The highest BCUT2D eigenvalue weighted by atomic mass is 16.6. The van der Waals surface area contributed by atoms with Gasteiger partial charge in [0, 0.05) is 22.9 Å². The van der Waals surface area contributed by atoms with Crippen LogP contribution in [0, 0.1) is 0 Å². The molecular weight excluding hydrogens is 432 g/mol. The summed E-state index contributed by atoms with van der Waals surface area (Å²) in [6, 6.07) is 19.4. The van der Waals surface area contributed by atoms with E-state index in [0.29, 0.717) is 22.5 Å². The molecule has 172 valence electrons. The third-order valence-electron chi connectivity index (χ3n) is 6.26. The number of amides is 1. The minimum atomic E-state index is -0.983. The van der Waals surface area contributed by atoms with Gasteiger partial charge in [-0.05, 0) is 67.4 Å². The predicted octanol–water partition coefficient (Wildman–Crippen LogP) is 5.02. The number of rotatable bonds is 6. The molecule has 4 aromatic rings. The molecule has 0 radical (unpaired) electrons. The number of carboxylic acid groups (broad SMARTS) is 1. The number of hydrogen-bond acceptors (Lipinski definition) is 5. The second kappa shape index (κ2) is 8.99. The summed E-state index contributed by atoms with van der Waals surface area (Å²) in [5, 5.41) is 12.3. The van der Waals surface area contributed by atoms with Crippen LogP contribution in [0.2, 0.25) is 0 Å². The van der Waals surface area contributed by atoms with E-state index in [4.69, 9.17) is 10.9 Å². The maximum atomic E-state index is 12.9. The molecule has 1 amide bonds. The third-order valence-corrected chi connectivity index (χ3v) is 6.26. The highest BCUT2D eigenvalue weighted by Crippen LogP contribution is 2.37. The third kappa shape index (κ3) is 4.11. The minimum absolute atomic E-state index is 0.203. The van der Waals surface area contributed by atoms with Crippen molar-refractivity contribution in [1.82, 2.24) is 9.55 Å². The van der Waals surface area contributed by atoms with Gasteiger partial charge in [-0.1, -0.05) is 25.0 Å². The van der Waals surface area contributed by atoms with Gasteiger partial charge in [0.1, 0.15) is 11.6 Å². The highest BCUT2D eigenvalue weighted by Gasteiger charge is 2.24. The Morgan fingerprint density at radius 3 is 2.47 bits per heavy atom. The van der Waals surface area contributed by atoms with Crippen LogP contribution in [0.4, 0.5) is 5.69 Å². The standard InChI is InChI=1S/C26H24N4O4/c27-34-21-11-9-19(10-12-21)28-25(31)17-5-3-4-16(14-17)24-29-22-15-18(26(32)33)8-13-23(22)30(24)20-6-1-2-7-20/h3-5,8-15,20H,1-2,6-7,27H2,(H,28,31)(H,32,33). The number of aromatic carboxylic acids is 1. The summed E-state index contributed by atoms with van der Waals surface area (Å²) in [4.78, 5) is 33.9. The molecule has 1 saturated carbocycles. The number of nitrogens with zero attached hydrogens (tertiary/aromatic N) is 2. The van der Waals surface area contributed by atoms with Crippen LogP contribution in [0.25, 0.3) is 22.4 Å². The van der Waals surface area contributed by atoms with E-state index in [0.717, 1.165) is 42.6 Å². The van der Waals surface area contributed by atoms with Gasteiger partial charge in [-0.25, -0.2) is 9.78 Å². The molecule has 8 nitrogen and oxygen atoms in total. The number of fused-ring (bicyclic) bond motifs is 1. The van der Waals surface area contributed by atoms with Gasteiger partial charge in [-0.3, -0.25) is 4.79 Å². The van der Waals surface area contributed by atoms with Crippen molar-refractivity contribution in [3.63, 3.8) is 0 Å². The summed E-state index contributed by atoms with van der Waals surface area (Å²) in [5.74, 6) is 5.15. The Kier molecular flexibility index (Phi) is 5.73. The monoisotopic (exact) mass is 456 g/mol. The maximum absolute atomic E-state index is 12.9. The van der Waals surface area contributed by atoms with Crippen LogP contribution in [0.5, 0.6) is 5.75 Å². The molecule has 0 unspecified atom stereocenters. The number of anilines is 1. The molecule has 34 heavy (non-hydrogen) atoms. The fraction of sp³-hybridized carbons (Fsp3) is 0.192. The lowest BCUT2D eigenvalue weighted by molar-refractivity contribution is 0.0696. The van der Waals surface area contributed by atoms with E-state index in [1.54, 1.807) is 42.5 Å². The summed E-state index contributed by atoms with van der Waals surface area (Å²) in [6.07, 6.45) is 4.38. The quantitative estimate of drug-likeness (QED) is 0.351. The molecule has 0 atom stereocenters. The number of carbonyl (C=O) groups excluding carboxylic acids is 1. The lowest BCUT2D eigenvalue weighted by atomic mass is 10.1. The first kappa shape index (κ1) is 21.7. The Morgan fingerprint density at radius 2 is 1.76 bits per heavy atom. The Labute approximate surface area is 195 Å². The van der Waals surface area contributed by atoms with Crippen molar-refractivity contribution in [3.05, 3.63) is 77.9 Å². The van der Waals surface area contributed by atoms with E-state index >= 15 is 0 Å². The first-order chi connectivity index (χ1) is 16.5. The van der Waals surface area contributed by atoms with Gasteiger partial charge < -0.3 is 19.8 Å². The average molecular weight is 457 g/mol. The van der Waals surface area contributed by atoms with Crippen LogP contribution in [-0.4, -0.2) is 26.5 Å². The molecule has 8 heteroatoms. The number of nitrogens with two attached hydrogens (primary N) is 1. The highest BCUT2D eigenvalue weighted by molar-refractivity contribution is 6.05. The summed E-state index contributed by atoms with van der Waals surface area (Å²) in [6.45, 7) is 0. The molecule has 5 rings (SSSR count). The number of imidazole rings is 1. The number of benzene rings is 3. The van der Waals surface area contributed by atoms with Crippen molar-refractivity contribution in [2.75, 3.05) is 5.32 Å². The average Bonchev–Trinajstić information content (AvgIpc) is 3.52. The zero-order chi connectivity index (χ0) is 23.7. The summed E-state index contributed by atoms with van der Waals surface area (Å²) in [5.41, 5.74) is 3.67. The second-order valence-electron chi connectivity index (χ2n) is 8.43. The van der Waals surface area contributed by atoms with E-state index in [1.807, 2.05) is 24.3 Å². The van der Waals surface area contributed by atoms with Crippen molar-refractivity contribution < 1.29 is 19.5 Å². The fourth-order valence-corrected chi connectivity index (χ4v) is 4.59. The molecule has 1 aliphatic rings. The van der Waals surface area contributed by atoms with E-state index in [1.165, 1.54) is 0 Å². The van der Waals surface area contributed by atoms with Crippen molar-refractivity contribution in [2.45, 2.75) is 31.7 Å². The molecule has 0 saturated heterocycles. The topological polar surface area (TPSA) is 119 Å². The fourth-order valence-electron chi connectivity index (χ4n) is 4.59. The largest absolute Gasteiger partial charge is 0.478 e. The number of carboxylic acids is 1. The lowest BCUT2D eigenvalue weighted by Gasteiger charge is -2.17. The Bertz CT molecular complexity index is 1370. The molecule has 0 spiro atoms. The number of hydrogen-bond donors (Lipinski definition) is 3.